The Kier molecular flexibility index (Phi) is 6.61. The minimum atomic E-state index is -2.04. The molecule has 5 nitrogen and oxygen atoms in total. The third kappa shape index (κ3) is 5.03. The SMILES string of the molecule is O=C(c1ccc(Cl)cc1)N1CCN(c2ccccc2NC(=O)C(Cl)(Cl)Cl)CC1. The number of rotatable bonds is 3. The van der Waals surface area contributed by atoms with Gasteiger partial charge in [-0.05, 0) is 36.4 Å². The molecule has 2 aromatic carbocycles. The van der Waals surface area contributed by atoms with Crippen LogP contribution in [0.2, 0.25) is 5.02 Å². The van der Waals surface area contributed by atoms with Crippen LogP contribution in [0.4, 0.5) is 11.4 Å². The number of halogens is 4. The van der Waals surface area contributed by atoms with Gasteiger partial charge in [0.25, 0.3) is 15.6 Å². The third-order valence-electron chi connectivity index (χ3n) is 4.41. The summed E-state index contributed by atoms with van der Waals surface area (Å²) < 4.78 is -2.04. The van der Waals surface area contributed by atoms with Crippen LogP contribution in [-0.4, -0.2) is 46.7 Å². The first-order chi connectivity index (χ1) is 13.3. The Labute approximate surface area is 183 Å². The van der Waals surface area contributed by atoms with Crippen LogP contribution in [0.15, 0.2) is 48.5 Å². The van der Waals surface area contributed by atoms with E-state index in [9.17, 15) is 9.59 Å². The lowest BCUT2D eigenvalue weighted by molar-refractivity contribution is -0.115. The highest BCUT2D eigenvalue weighted by molar-refractivity contribution is 6.76. The van der Waals surface area contributed by atoms with Gasteiger partial charge in [-0.3, -0.25) is 9.59 Å². The van der Waals surface area contributed by atoms with Crippen LogP contribution in [-0.2, 0) is 4.79 Å². The van der Waals surface area contributed by atoms with Crippen molar-refractivity contribution in [2.24, 2.45) is 0 Å². The largest absolute Gasteiger partial charge is 0.366 e. The normalized spacial score (nSPS) is 14.7. The number of nitrogens with zero attached hydrogens (tertiary/aromatic N) is 2. The monoisotopic (exact) mass is 459 g/mol. The summed E-state index contributed by atoms with van der Waals surface area (Å²) in [5.41, 5.74) is 1.97. The minimum Gasteiger partial charge on any atom is -0.366 e. The van der Waals surface area contributed by atoms with Gasteiger partial charge in [0.05, 0.1) is 11.4 Å². The Balaban J connectivity index is 1.67. The predicted molar refractivity (Wildman–Crippen MR) is 115 cm³/mol. The van der Waals surface area contributed by atoms with Crippen molar-refractivity contribution in [3.63, 3.8) is 0 Å². The van der Waals surface area contributed by atoms with Crippen molar-refractivity contribution in [1.82, 2.24) is 4.90 Å². The Hall–Kier alpha value is -1.66. The number of nitrogens with one attached hydrogen (secondary N) is 1. The molecule has 0 spiro atoms. The quantitative estimate of drug-likeness (QED) is 0.680. The average molecular weight is 461 g/mol. The van der Waals surface area contributed by atoms with Gasteiger partial charge in [0.15, 0.2) is 0 Å². The summed E-state index contributed by atoms with van der Waals surface area (Å²) in [6, 6.07) is 14.1. The fourth-order valence-electron chi connectivity index (χ4n) is 2.97. The highest BCUT2D eigenvalue weighted by Crippen LogP contribution is 2.31. The van der Waals surface area contributed by atoms with Crippen molar-refractivity contribution < 1.29 is 9.59 Å². The fraction of sp³-hybridized carbons (Fsp3) is 0.263. The van der Waals surface area contributed by atoms with Crippen LogP contribution >= 0.6 is 46.4 Å². The maximum absolute atomic E-state index is 12.6. The number of hydrogen-bond donors (Lipinski definition) is 1. The summed E-state index contributed by atoms with van der Waals surface area (Å²) >= 11 is 22.8. The van der Waals surface area contributed by atoms with E-state index in [1.54, 1.807) is 41.3 Å². The van der Waals surface area contributed by atoms with Gasteiger partial charge in [0.1, 0.15) is 0 Å². The lowest BCUT2D eigenvalue weighted by atomic mass is 10.1. The molecule has 0 aromatic heterocycles. The van der Waals surface area contributed by atoms with E-state index >= 15 is 0 Å². The molecular formula is C19H17Cl4N3O2. The highest BCUT2D eigenvalue weighted by Gasteiger charge is 2.31. The number of anilines is 2. The van der Waals surface area contributed by atoms with Crippen molar-refractivity contribution >= 4 is 69.6 Å². The van der Waals surface area contributed by atoms with Crippen molar-refractivity contribution in [1.29, 1.82) is 0 Å². The topological polar surface area (TPSA) is 52.7 Å². The van der Waals surface area contributed by atoms with E-state index in [0.29, 0.717) is 42.5 Å². The summed E-state index contributed by atoms with van der Waals surface area (Å²) in [4.78, 5) is 28.5. The maximum atomic E-state index is 12.6. The molecule has 2 aromatic rings. The summed E-state index contributed by atoms with van der Waals surface area (Å²) in [5, 5.41) is 3.24. The number of alkyl halides is 3. The van der Waals surface area contributed by atoms with Crippen LogP contribution in [0.1, 0.15) is 10.4 Å². The molecule has 0 bridgehead atoms. The molecule has 0 unspecified atom stereocenters. The number of amides is 2. The van der Waals surface area contributed by atoms with Crippen LogP contribution < -0.4 is 10.2 Å². The molecule has 9 heteroatoms. The first-order valence-corrected chi connectivity index (χ1v) is 10.0. The summed E-state index contributed by atoms with van der Waals surface area (Å²) in [7, 11) is 0. The van der Waals surface area contributed by atoms with Crippen molar-refractivity contribution in [3.8, 4) is 0 Å². The average Bonchev–Trinajstić information content (AvgIpc) is 2.68. The number of para-hydroxylation sites is 2. The van der Waals surface area contributed by atoms with Gasteiger partial charge in [0.2, 0.25) is 0 Å². The third-order valence-corrected chi connectivity index (χ3v) is 5.18. The molecule has 1 aliphatic rings. The van der Waals surface area contributed by atoms with Crippen molar-refractivity contribution in [3.05, 3.63) is 59.1 Å². The van der Waals surface area contributed by atoms with E-state index in [-0.39, 0.29) is 5.91 Å². The van der Waals surface area contributed by atoms with Crippen molar-refractivity contribution in [2.75, 3.05) is 36.4 Å². The fourth-order valence-corrected chi connectivity index (χ4v) is 3.24. The number of carbonyl (C=O) groups excluding carboxylic acids is 2. The van der Waals surface area contributed by atoms with Crippen LogP contribution in [0, 0.1) is 0 Å². The number of piperazine rings is 1. The highest BCUT2D eigenvalue weighted by atomic mass is 35.6. The molecule has 148 valence electrons. The molecule has 0 atom stereocenters. The molecular weight excluding hydrogens is 444 g/mol. The number of carbonyl (C=O) groups is 2. The van der Waals surface area contributed by atoms with Gasteiger partial charge in [-0.25, -0.2) is 0 Å². The molecule has 1 fully saturated rings. The van der Waals surface area contributed by atoms with Crippen LogP contribution in [0.3, 0.4) is 0 Å². The summed E-state index contributed by atoms with van der Waals surface area (Å²) in [6.45, 7) is 2.32. The zero-order chi connectivity index (χ0) is 20.3. The predicted octanol–water partition coefficient (Wildman–Crippen LogP) is 4.61. The minimum absolute atomic E-state index is 0.0332. The standard InChI is InChI=1S/C19H17Cl4N3O2/c20-14-7-5-13(6-8-14)17(27)26-11-9-25(10-12-26)16-4-2-1-3-15(16)24-18(28)19(21,22)23/h1-8H,9-12H2,(H,24,28). The van der Waals surface area contributed by atoms with Crippen LogP contribution in [0.25, 0.3) is 0 Å². The molecule has 1 saturated heterocycles. The Morgan fingerprint density at radius 1 is 0.893 bits per heavy atom. The van der Waals surface area contributed by atoms with E-state index in [1.165, 1.54) is 0 Å². The van der Waals surface area contributed by atoms with E-state index in [2.05, 4.69) is 10.2 Å². The van der Waals surface area contributed by atoms with Gasteiger partial charge < -0.3 is 15.1 Å². The second-order valence-electron chi connectivity index (χ2n) is 6.26. The molecule has 2 amide bonds. The zero-order valence-corrected chi connectivity index (χ0v) is 17.7. The van der Waals surface area contributed by atoms with E-state index in [1.807, 2.05) is 12.1 Å². The first-order valence-electron chi connectivity index (χ1n) is 8.53. The zero-order valence-electron chi connectivity index (χ0n) is 14.7. The second kappa shape index (κ2) is 8.78. The van der Waals surface area contributed by atoms with Gasteiger partial charge in [-0.1, -0.05) is 58.5 Å². The summed E-state index contributed by atoms with van der Waals surface area (Å²) in [5.74, 6) is -0.754. The van der Waals surface area contributed by atoms with E-state index < -0.39 is 9.70 Å². The van der Waals surface area contributed by atoms with Gasteiger partial charge in [-0.15, -0.1) is 0 Å². The van der Waals surface area contributed by atoms with Gasteiger partial charge >= 0.3 is 0 Å². The number of hydrogen-bond acceptors (Lipinski definition) is 3. The van der Waals surface area contributed by atoms with Crippen LogP contribution in [0.5, 0.6) is 0 Å². The number of benzene rings is 2. The Morgan fingerprint density at radius 2 is 1.50 bits per heavy atom. The smallest absolute Gasteiger partial charge is 0.276 e. The molecule has 0 radical (unpaired) electrons. The molecule has 1 aliphatic heterocycles. The van der Waals surface area contributed by atoms with E-state index in [4.69, 9.17) is 46.4 Å². The van der Waals surface area contributed by atoms with E-state index in [0.717, 1.165) is 5.69 Å². The lowest BCUT2D eigenvalue weighted by Gasteiger charge is -2.37. The molecule has 3 rings (SSSR count). The molecule has 28 heavy (non-hydrogen) atoms. The molecule has 1 N–H and O–H groups in total. The molecule has 0 aliphatic carbocycles. The summed E-state index contributed by atoms with van der Waals surface area (Å²) in [6.07, 6.45) is 0. The van der Waals surface area contributed by atoms with Crippen molar-refractivity contribution in [2.45, 2.75) is 3.79 Å². The maximum Gasteiger partial charge on any atom is 0.276 e. The molecule has 0 saturated carbocycles. The lowest BCUT2D eigenvalue weighted by Crippen LogP contribution is -2.49. The van der Waals surface area contributed by atoms with Gasteiger partial charge in [-0.2, -0.15) is 0 Å². The Morgan fingerprint density at radius 3 is 2.11 bits per heavy atom. The Bertz CT molecular complexity index is 860. The van der Waals surface area contributed by atoms with Gasteiger partial charge in [0, 0.05) is 36.8 Å². The second-order valence-corrected chi connectivity index (χ2v) is 8.97. The first kappa shape index (κ1) is 21.1. The molecule has 1 heterocycles.